The molecule has 0 amide bonds. The molecule has 0 unspecified atom stereocenters. The van der Waals surface area contributed by atoms with Crippen LogP contribution in [0.1, 0.15) is 51.2 Å². The summed E-state index contributed by atoms with van der Waals surface area (Å²) in [5.41, 5.74) is 5.46. The highest BCUT2D eigenvalue weighted by Crippen LogP contribution is 2.04. The van der Waals surface area contributed by atoms with E-state index in [1.54, 1.807) is 0 Å². The number of hydrogen-bond donors (Lipinski definition) is 2. The maximum atomic E-state index is 5.02. The van der Waals surface area contributed by atoms with Crippen LogP contribution in [0, 0.1) is 0 Å². The Kier molecular flexibility index (Phi) is 11.0. The highest BCUT2D eigenvalue weighted by molar-refractivity contribution is 5.22. The van der Waals surface area contributed by atoms with Gasteiger partial charge >= 0.3 is 0 Å². The van der Waals surface area contributed by atoms with Crippen LogP contribution in [0.4, 0.5) is 0 Å². The van der Waals surface area contributed by atoms with Crippen molar-refractivity contribution in [2.24, 2.45) is 5.84 Å². The average molecular weight is 236 g/mol. The molecule has 0 radical (unpaired) electrons. The van der Waals surface area contributed by atoms with Gasteiger partial charge in [-0.3, -0.25) is 11.3 Å². The van der Waals surface area contributed by atoms with Crippen LogP contribution in [-0.4, -0.2) is 6.54 Å². The van der Waals surface area contributed by atoms with Crippen molar-refractivity contribution in [1.29, 1.82) is 0 Å². The maximum absolute atomic E-state index is 5.02. The van der Waals surface area contributed by atoms with Crippen molar-refractivity contribution in [1.82, 2.24) is 5.43 Å². The first-order chi connectivity index (χ1) is 8.28. The molecule has 0 aliphatic rings. The van der Waals surface area contributed by atoms with Gasteiger partial charge in [-0.2, -0.15) is 0 Å². The Morgan fingerprint density at radius 1 is 0.882 bits per heavy atom. The van der Waals surface area contributed by atoms with Gasteiger partial charge in [0.2, 0.25) is 0 Å². The van der Waals surface area contributed by atoms with Crippen LogP contribution >= 0.6 is 0 Å². The summed E-state index contributed by atoms with van der Waals surface area (Å²) in [6, 6.07) is 8.83. The van der Waals surface area contributed by atoms with Crippen LogP contribution in [0.5, 0.6) is 0 Å². The van der Waals surface area contributed by atoms with Crippen LogP contribution in [0.15, 0.2) is 24.3 Å². The zero-order chi connectivity index (χ0) is 12.9. The molecule has 17 heavy (non-hydrogen) atoms. The van der Waals surface area contributed by atoms with Crippen LogP contribution in [-0.2, 0) is 12.8 Å². The van der Waals surface area contributed by atoms with Crippen LogP contribution < -0.4 is 11.3 Å². The Balaban J connectivity index is 0.000000325. The predicted molar refractivity (Wildman–Crippen MR) is 76.9 cm³/mol. The molecule has 0 aromatic heterocycles. The van der Waals surface area contributed by atoms with Gasteiger partial charge in [-0.25, -0.2) is 0 Å². The molecule has 98 valence electrons. The van der Waals surface area contributed by atoms with E-state index in [0.29, 0.717) is 0 Å². The summed E-state index contributed by atoms with van der Waals surface area (Å²) in [6.45, 7) is 7.49. The molecule has 0 saturated heterocycles. The number of benzene rings is 1. The fraction of sp³-hybridized carbons (Fsp3) is 0.600. The van der Waals surface area contributed by atoms with E-state index in [1.165, 1.54) is 30.4 Å². The zero-order valence-corrected chi connectivity index (χ0v) is 11.6. The van der Waals surface area contributed by atoms with E-state index in [9.17, 15) is 0 Å². The summed E-state index contributed by atoms with van der Waals surface area (Å²) in [5.74, 6) is 5.02. The van der Waals surface area contributed by atoms with Crippen molar-refractivity contribution >= 4 is 0 Å². The smallest absolute Gasteiger partial charge is 0.00974 e. The third-order valence-electron chi connectivity index (χ3n) is 2.76. The quantitative estimate of drug-likeness (QED) is 0.451. The van der Waals surface area contributed by atoms with Gasteiger partial charge in [0, 0.05) is 6.54 Å². The zero-order valence-electron chi connectivity index (χ0n) is 11.6. The maximum Gasteiger partial charge on any atom is 0.00974 e. The van der Waals surface area contributed by atoms with E-state index < -0.39 is 0 Å². The van der Waals surface area contributed by atoms with Gasteiger partial charge in [0.05, 0.1) is 0 Å². The molecule has 3 N–H and O–H groups in total. The second-order valence-electron chi connectivity index (χ2n) is 4.18. The minimum absolute atomic E-state index is 0.952. The normalized spacial score (nSPS) is 9.65. The lowest BCUT2D eigenvalue weighted by atomic mass is 10.1. The van der Waals surface area contributed by atoms with Gasteiger partial charge in [0.25, 0.3) is 0 Å². The molecular formula is C15H28N2. The number of nitrogens with two attached hydrogens (primary N) is 1. The lowest BCUT2D eigenvalue weighted by molar-refractivity contribution is 0.637. The van der Waals surface area contributed by atoms with Gasteiger partial charge < -0.3 is 0 Å². The van der Waals surface area contributed by atoms with Gasteiger partial charge in [0.1, 0.15) is 0 Å². The fourth-order valence-electron chi connectivity index (χ4n) is 1.49. The Bertz CT molecular complexity index is 227. The number of hydrogen-bond acceptors (Lipinski definition) is 2. The van der Waals surface area contributed by atoms with E-state index >= 15 is 0 Å². The molecule has 0 atom stereocenters. The molecule has 0 aliphatic carbocycles. The van der Waals surface area contributed by atoms with E-state index in [2.05, 4.69) is 50.5 Å². The number of nitrogens with one attached hydrogen (secondary N) is 1. The minimum atomic E-state index is 0.952. The number of aryl methyl sites for hydroxylation is 2. The van der Waals surface area contributed by atoms with Crippen molar-refractivity contribution < 1.29 is 0 Å². The lowest BCUT2D eigenvalue weighted by Gasteiger charge is -1.97. The largest absolute Gasteiger partial charge is 0.271 e. The summed E-state index contributed by atoms with van der Waals surface area (Å²) in [5, 5.41) is 0. The Hall–Kier alpha value is -0.860. The first kappa shape index (κ1) is 16.1. The lowest BCUT2D eigenvalue weighted by Crippen LogP contribution is -2.22. The molecule has 1 aromatic carbocycles. The molecule has 0 saturated carbocycles. The Morgan fingerprint density at radius 2 is 1.35 bits per heavy atom. The SMILES string of the molecule is CCCCCNN.CCc1ccc(CC)cc1. The predicted octanol–water partition coefficient (Wildman–Crippen LogP) is 3.45. The van der Waals surface area contributed by atoms with E-state index in [-0.39, 0.29) is 0 Å². The summed E-state index contributed by atoms with van der Waals surface area (Å²) in [6.07, 6.45) is 6.03. The first-order valence-electron chi connectivity index (χ1n) is 6.79. The standard InChI is InChI=1S/C10H14.C5H14N2/c1-3-9-5-7-10(4-2)8-6-9;1-2-3-4-5-7-6/h5-8H,3-4H2,1-2H3;7H,2-6H2,1H3. The van der Waals surface area contributed by atoms with Gasteiger partial charge in [-0.15, -0.1) is 0 Å². The molecule has 1 aromatic rings. The molecule has 0 fully saturated rings. The van der Waals surface area contributed by atoms with E-state index in [1.807, 2.05) is 0 Å². The molecule has 2 heteroatoms. The van der Waals surface area contributed by atoms with Crippen molar-refractivity contribution in [2.45, 2.75) is 52.9 Å². The van der Waals surface area contributed by atoms with Crippen molar-refractivity contribution in [3.05, 3.63) is 35.4 Å². The van der Waals surface area contributed by atoms with Crippen molar-refractivity contribution in [3.63, 3.8) is 0 Å². The van der Waals surface area contributed by atoms with Crippen LogP contribution in [0.2, 0.25) is 0 Å². The summed E-state index contributed by atoms with van der Waals surface area (Å²) >= 11 is 0. The highest BCUT2D eigenvalue weighted by atomic mass is 15.2. The third kappa shape index (κ3) is 8.90. The van der Waals surface area contributed by atoms with Gasteiger partial charge in [-0.1, -0.05) is 57.9 Å². The molecule has 0 spiro atoms. The van der Waals surface area contributed by atoms with Gasteiger partial charge in [-0.05, 0) is 30.4 Å². The van der Waals surface area contributed by atoms with Crippen molar-refractivity contribution in [3.8, 4) is 0 Å². The van der Waals surface area contributed by atoms with Gasteiger partial charge in [0.15, 0.2) is 0 Å². The molecule has 1 rings (SSSR count). The van der Waals surface area contributed by atoms with E-state index in [4.69, 9.17) is 5.84 Å². The number of rotatable bonds is 6. The second-order valence-corrected chi connectivity index (χ2v) is 4.18. The molecule has 0 heterocycles. The Morgan fingerprint density at radius 3 is 1.65 bits per heavy atom. The fourth-order valence-corrected chi connectivity index (χ4v) is 1.49. The first-order valence-corrected chi connectivity index (χ1v) is 6.79. The topological polar surface area (TPSA) is 38.0 Å². The molecule has 2 nitrogen and oxygen atoms in total. The summed E-state index contributed by atoms with van der Waals surface area (Å²) in [4.78, 5) is 0. The minimum Gasteiger partial charge on any atom is -0.271 e. The average Bonchev–Trinajstić information content (AvgIpc) is 2.40. The summed E-state index contributed by atoms with van der Waals surface area (Å²) in [7, 11) is 0. The van der Waals surface area contributed by atoms with Crippen LogP contribution in [0.3, 0.4) is 0 Å². The molecular weight excluding hydrogens is 208 g/mol. The third-order valence-corrected chi connectivity index (χ3v) is 2.76. The number of unbranched alkanes of at least 4 members (excludes halogenated alkanes) is 2. The monoisotopic (exact) mass is 236 g/mol. The molecule has 0 aliphatic heterocycles. The van der Waals surface area contributed by atoms with Crippen LogP contribution in [0.25, 0.3) is 0 Å². The molecule has 0 bridgehead atoms. The summed E-state index contributed by atoms with van der Waals surface area (Å²) < 4.78 is 0. The number of hydrazine groups is 1. The Labute approximate surface area is 107 Å². The second kappa shape index (κ2) is 11.6. The van der Waals surface area contributed by atoms with Crippen molar-refractivity contribution in [2.75, 3.05) is 6.54 Å². The highest BCUT2D eigenvalue weighted by Gasteiger charge is 1.88. The van der Waals surface area contributed by atoms with E-state index in [0.717, 1.165) is 19.4 Å².